The summed E-state index contributed by atoms with van der Waals surface area (Å²) in [7, 11) is 0. The number of hydrogen-bond acceptors (Lipinski definition) is 3. The average Bonchev–Trinajstić information content (AvgIpc) is 2.63. The zero-order valence-corrected chi connectivity index (χ0v) is 15.0. The van der Waals surface area contributed by atoms with Gasteiger partial charge in [-0.1, -0.05) is 30.3 Å². The van der Waals surface area contributed by atoms with Gasteiger partial charge < -0.3 is 10.0 Å². The number of carbonyl (C=O) groups excluding carboxylic acids is 1. The molecule has 1 atom stereocenters. The summed E-state index contributed by atoms with van der Waals surface area (Å²) in [6.07, 6.45) is 2.63. The van der Waals surface area contributed by atoms with Crippen molar-refractivity contribution in [1.29, 1.82) is 0 Å². The van der Waals surface area contributed by atoms with E-state index in [2.05, 4.69) is 24.0 Å². The molecule has 1 aromatic heterocycles. The first-order chi connectivity index (χ1) is 12.0. The molecule has 1 aliphatic rings. The lowest BCUT2D eigenvalue weighted by molar-refractivity contribution is 0.0267. The maximum absolute atomic E-state index is 12.9. The number of aliphatic hydroxyl groups is 1. The van der Waals surface area contributed by atoms with E-state index in [1.807, 2.05) is 36.1 Å². The number of likely N-dealkylation sites (tertiary alicyclic amines) is 1. The SMILES string of the molecule is Cc1cccc(C(=O)N2CCC[C@](CO)(Cc3ccccc3C)C2)n1. The minimum Gasteiger partial charge on any atom is -0.396 e. The van der Waals surface area contributed by atoms with E-state index in [-0.39, 0.29) is 17.9 Å². The van der Waals surface area contributed by atoms with Crippen LogP contribution in [0.5, 0.6) is 0 Å². The molecule has 4 nitrogen and oxygen atoms in total. The Kier molecular flexibility index (Phi) is 5.19. The first-order valence-corrected chi connectivity index (χ1v) is 8.91. The molecule has 1 fully saturated rings. The maximum atomic E-state index is 12.9. The van der Waals surface area contributed by atoms with Crippen LogP contribution in [0.2, 0.25) is 0 Å². The predicted molar refractivity (Wildman–Crippen MR) is 98.5 cm³/mol. The third kappa shape index (κ3) is 3.90. The highest BCUT2D eigenvalue weighted by Gasteiger charge is 2.37. The third-order valence-corrected chi connectivity index (χ3v) is 5.22. The lowest BCUT2D eigenvalue weighted by atomic mass is 9.75. The molecule has 1 aromatic carbocycles. The summed E-state index contributed by atoms with van der Waals surface area (Å²) in [5, 5.41) is 10.2. The Morgan fingerprint density at radius 3 is 2.72 bits per heavy atom. The second-order valence-electron chi connectivity index (χ2n) is 7.26. The molecule has 0 spiro atoms. The highest BCUT2D eigenvalue weighted by atomic mass is 16.3. The Bertz CT molecular complexity index is 759. The Balaban J connectivity index is 1.80. The van der Waals surface area contributed by atoms with Crippen LogP contribution in [-0.2, 0) is 6.42 Å². The van der Waals surface area contributed by atoms with Gasteiger partial charge in [-0.2, -0.15) is 0 Å². The molecule has 0 aliphatic carbocycles. The van der Waals surface area contributed by atoms with Crippen LogP contribution < -0.4 is 0 Å². The minimum atomic E-state index is -0.274. The highest BCUT2D eigenvalue weighted by Crippen LogP contribution is 2.34. The standard InChI is InChI=1S/C21H26N2O2/c1-16-7-3-4-9-18(16)13-21(15-24)11-6-12-23(14-21)20(25)19-10-5-8-17(2)22-19/h3-5,7-10,24H,6,11-15H2,1-2H3/t21-/m0/s1. The summed E-state index contributed by atoms with van der Waals surface area (Å²) < 4.78 is 0. The highest BCUT2D eigenvalue weighted by molar-refractivity contribution is 5.92. The summed E-state index contributed by atoms with van der Waals surface area (Å²) in [6, 6.07) is 13.8. The molecule has 3 rings (SSSR count). The molecule has 1 amide bonds. The van der Waals surface area contributed by atoms with Crippen LogP contribution in [0, 0.1) is 19.3 Å². The number of benzene rings is 1. The van der Waals surface area contributed by atoms with Crippen molar-refractivity contribution in [2.24, 2.45) is 5.41 Å². The lowest BCUT2D eigenvalue weighted by Gasteiger charge is -2.42. The monoisotopic (exact) mass is 338 g/mol. The molecule has 132 valence electrons. The normalized spacial score (nSPS) is 20.5. The number of rotatable bonds is 4. The minimum absolute atomic E-state index is 0.0361. The van der Waals surface area contributed by atoms with E-state index in [1.54, 1.807) is 6.07 Å². The second-order valence-corrected chi connectivity index (χ2v) is 7.26. The van der Waals surface area contributed by atoms with Crippen LogP contribution >= 0.6 is 0 Å². The van der Waals surface area contributed by atoms with Gasteiger partial charge in [0.15, 0.2) is 0 Å². The summed E-state index contributed by atoms with van der Waals surface area (Å²) in [5.74, 6) is -0.0361. The number of carbonyl (C=O) groups is 1. The van der Waals surface area contributed by atoms with Gasteiger partial charge in [-0.15, -0.1) is 0 Å². The van der Waals surface area contributed by atoms with E-state index in [0.717, 1.165) is 31.5 Å². The van der Waals surface area contributed by atoms with Crippen molar-refractivity contribution in [3.8, 4) is 0 Å². The van der Waals surface area contributed by atoms with E-state index in [1.165, 1.54) is 11.1 Å². The Labute approximate surface area is 149 Å². The van der Waals surface area contributed by atoms with Crippen LogP contribution in [0.3, 0.4) is 0 Å². The smallest absolute Gasteiger partial charge is 0.272 e. The van der Waals surface area contributed by atoms with Crippen molar-refractivity contribution >= 4 is 5.91 Å². The number of amides is 1. The van der Waals surface area contributed by atoms with Gasteiger partial charge in [0.05, 0.1) is 6.61 Å². The number of aromatic nitrogens is 1. The van der Waals surface area contributed by atoms with Crippen molar-refractivity contribution in [2.45, 2.75) is 33.1 Å². The molecule has 0 bridgehead atoms. The number of nitrogens with zero attached hydrogens (tertiary/aromatic N) is 2. The molecule has 0 radical (unpaired) electrons. The molecule has 4 heteroatoms. The lowest BCUT2D eigenvalue weighted by Crippen LogP contribution is -2.49. The average molecular weight is 338 g/mol. The molecule has 2 heterocycles. The molecular weight excluding hydrogens is 312 g/mol. The summed E-state index contributed by atoms with van der Waals surface area (Å²) in [4.78, 5) is 19.1. The molecule has 0 saturated carbocycles. The van der Waals surface area contributed by atoms with Crippen LogP contribution in [0.25, 0.3) is 0 Å². The van der Waals surface area contributed by atoms with E-state index in [4.69, 9.17) is 0 Å². The van der Waals surface area contributed by atoms with Crippen molar-refractivity contribution in [2.75, 3.05) is 19.7 Å². The largest absolute Gasteiger partial charge is 0.396 e. The number of piperidine rings is 1. The summed E-state index contributed by atoms with van der Waals surface area (Å²) in [6.45, 7) is 5.38. The van der Waals surface area contributed by atoms with Crippen molar-refractivity contribution in [3.05, 3.63) is 65.0 Å². The van der Waals surface area contributed by atoms with Gasteiger partial charge in [-0.3, -0.25) is 4.79 Å². The fourth-order valence-corrected chi connectivity index (χ4v) is 3.75. The number of hydrogen-bond donors (Lipinski definition) is 1. The fraction of sp³-hybridized carbons (Fsp3) is 0.429. The van der Waals surface area contributed by atoms with Gasteiger partial charge in [-0.05, 0) is 56.4 Å². The van der Waals surface area contributed by atoms with Crippen LogP contribution in [0.4, 0.5) is 0 Å². The third-order valence-electron chi connectivity index (χ3n) is 5.22. The van der Waals surface area contributed by atoms with Gasteiger partial charge in [-0.25, -0.2) is 4.98 Å². The number of aliphatic hydroxyl groups excluding tert-OH is 1. The zero-order valence-electron chi connectivity index (χ0n) is 15.0. The Morgan fingerprint density at radius 2 is 2.00 bits per heavy atom. The van der Waals surface area contributed by atoms with Crippen LogP contribution in [0.1, 0.15) is 40.2 Å². The van der Waals surface area contributed by atoms with E-state index >= 15 is 0 Å². The molecule has 1 aliphatic heterocycles. The molecule has 25 heavy (non-hydrogen) atoms. The molecular formula is C21H26N2O2. The van der Waals surface area contributed by atoms with Crippen molar-refractivity contribution in [3.63, 3.8) is 0 Å². The van der Waals surface area contributed by atoms with Crippen LogP contribution in [0.15, 0.2) is 42.5 Å². The topological polar surface area (TPSA) is 53.4 Å². The molecule has 1 N–H and O–H groups in total. The second kappa shape index (κ2) is 7.36. The Hall–Kier alpha value is -2.20. The first kappa shape index (κ1) is 17.6. The van der Waals surface area contributed by atoms with Gasteiger partial charge in [0.2, 0.25) is 0 Å². The maximum Gasteiger partial charge on any atom is 0.272 e. The summed E-state index contributed by atoms with van der Waals surface area (Å²) >= 11 is 0. The fourth-order valence-electron chi connectivity index (χ4n) is 3.75. The van der Waals surface area contributed by atoms with Gasteiger partial charge in [0, 0.05) is 24.2 Å². The number of aryl methyl sites for hydroxylation is 2. The van der Waals surface area contributed by atoms with E-state index in [9.17, 15) is 9.90 Å². The van der Waals surface area contributed by atoms with Gasteiger partial charge in [0.25, 0.3) is 5.91 Å². The molecule has 1 saturated heterocycles. The van der Waals surface area contributed by atoms with Crippen molar-refractivity contribution in [1.82, 2.24) is 9.88 Å². The van der Waals surface area contributed by atoms with Crippen LogP contribution in [-0.4, -0.2) is 40.6 Å². The van der Waals surface area contributed by atoms with E-state index in [0.29, 0.717) is 12.2 Å². The Morgan fingerprint density at radius 1 is 1.20 bits per heavy atom. The van der Waals surface area contributed by atoms with E-state index < -0.39 is 0 Å². The zero-order chi connectivity index (χ0) is 17.9. The number of pyridine rings is 1. The predicted octanol–water partition coefficient (Wildman–Crippen LogP) is 3.16. The van der Waals surface area contributed by atoms with Gasteiger partial charge in [0.1, 0.15) is 5.69 Å². The first-order valence-electron chi connectivity index (χ1n) is 8.91. The molecule has 0 unspecified atom stereocenters. The van der Waals surface area contributed by atoms with Gasteiger partial charge >= 0.3 is 0 Å². The quantitative estimate of drug-likeness (QED) is 0.932. The summed E-state index contributed by atoms with van der Waals surface area (Å²) in [5.41, 5.74) is 3.55. The molecule has 2 aromatic rings. The van der Waals surface area contributed by atoms with Crippen molar-refractivity contribution < 1.29 is 9.90 Å².